The van der Waals surface area contributed by atoms with Crippen molar-refractivity contribution in [2.75, 3.05) is 26.2 Å². The summed E-state index contributed by atoms with van der Waals surface area (Å²) in [6.07, 6.45) is 2.63. The van der Waals surface area contributed by atoms with Gasteiger partial charge in [0.2, 0.25) is 5.91 Å². The number of H-pyrrole nitrogens is 1. The highest BCUT2D eigenvalue weighted by atomic mass is 16.2. The molecular weight excluding hydrogens is 352 g/mol. The molecule has 0 bridgehead atoms. The molecule has 1 aromatic heterocycles. The summed E-state index contributed by atoms with van der Waals surface area (Å²) >= 11 is 0. The predicted molar refractivity (Wildman–Crippen MR) is 109 cm³/mol. The van der Waals surface area contributed by atoms with E-state index in [0.29, 0.717) is 18.8 Å². The third-order valence-electron chi connectivity index (χ3n) is 6.05. The van der Waals surface area contributed by atoms with Gasteiger partial charge in [0.1, 0.15) is 0 Å². The molecule has 0 unspecified atom stereocenters. The van der Waals surface area contributed by atoms with Crippen LogP contribution in [0.1, 0.15) is 56.1 Å². The molecule has 4 rings (SSSR count). The van der Waals surface area contributed by atoms with Crippen LogP contribution >= 0.6 is 0 Å². The van der Waals surface area contributed by atoms with Crippen molar-refractivity contribution in [1.82, 2.24) is 20.0 Å². The summed E-state index contributed by atoms with van der Waals surface area (Å²) in [5, 5.41) is 8.10. The minimum atomic E-state index is -0.415. The largest absolute Gasteiger partial charge is 0.342 e. The fourth-order valence-electron chi connectivity index (χ4n) is 4.74. The van der Waals surface area contributed by atoms with Crippen LogP contribution < -0.4 is 0 Å². The van der Waals surface area contributed by atoms with Crippen molar-refractivity contribution in [2.24, 2.45) is 10.8 Å². The number of aryl methyl sites for hydroxylation is 1. The Labute approximate surface area is 166 Å². The van der Waals surface area contributed by atoms with Crippen LogP contribution in [0.15, 0.2) is 18.2 Å². The van der Waals surface area contributed by atoms with Gasteiger partial charge in [-0.1, -0.05) is 32.4 Å². The Kier molecular flexibility index (Phi) is 4.47. The number of nitrogens with zero attached hydrogens (tertiary/aromatic N) is 3. The van der Waals surface area contributed by atoms with Crippen LogP contribution in [0.2, 0.25) is 0 Å². The molecule has 2 aliphatic rings. The molecule has 0 saturated carbocycles. The van der Waals surface area contributed by atoms with E-state index in [-0.39, 0.29) is 17.2 Å². The van der Waals surface area contributed by atoms with Crippen LogP contribution in [0.4, 0.5) is 0 Å². The predicted octanol–water partition coefficient (Wildman–Crippen LogP) is 3.37. The van der Waals surface area contributed by atoms with E-state index < -0.39 is 5.41 Å². The highest BCUT2D eigenvalue weighted by Gasteiger charge is 2.50. The monoisotopic (exact) mass is 382 g/mol. The summed E-state index contributed by atoms with van der Waals surface area (Å²) in [5.74, 6) is 0.154. The van der Waals surface area contributed by atoms with Gasteiger partial charge in [-0.2, -0.15) is 5.10 Å². The summed E-state index contributed by atoms with van der Waals surface area (Å²) in [7, 11) is 0. The molecule has 1 spiro atoms. The molecule has 2 fully saturated rings. The van der Waals surface area contributed by atoms with Crippen molar-refractivity contribution >= 4 is 22.7 Å². The minimum Gasteiger partial charge on any atom is -0.342 e. The standard InChI is InChI=1S/C22H30N4O2/c1-15-6-7-17-16(12-15)18(24-23-17)19(27)25-11-9-22(14-25)8-5-10-26(20(22)28)13-21(2,3)4/h6-7,12H,5,8-11,13-14H2,1-4H3,(H,23,24)/t22-/m0/s1. The first kappa shape index (κ1) is 19.0. The molecule has 2 amide bonds. The number of fused-ring (bicyclic) bond motifs is 1. The lowest BCUT2D eigenvalue weighted by Crippen LogP contribution is -2.52. The molecule has 2 saturated heterocycles. The Balaban J connectivity index is 1.55. The van der Waals surface area contributed by atoms with Gasteiger partial charge in [-0.3, -0.25) is 14.7 Å². The van der Waals surface area contributed by atoms with Gasteiger partial charge in [0, 0.05) is 31.6 Å². The highest BCUT2D eigenvalue weighted by Crippen LogP contribution is 2.41. The fraction of sp³-hybridized carbons (Fsp3) is 0.591. The van der Waals surface area contributed by atoms with Crippen molar-refractivity contribution in [3.63, 3.8) is 0 Å². The van der Waals surface area contributed by atoms with Gasteiger partial charge in [-0.25, -0.2) is 0 Å². The zero-order valence-corrected chi connectivity index (χ0v) is 17.3. The fourth-order valence-corrected chi connectivity index (χ4v) is 4.74. The first-order chi connectivity index (χ1) is 13.2. The van der Waals surface area contributed by atoms with Gasteiger partial charge in [-0.05, 0) is 43.7 Å². The molecule has 1 atom stereocenters. The Hall–Kier alpha value is -2.37. The maximum atomic E-state index is 13.3. The number of hydrogen-bond donors (Lipinski definition) is 1. The Morgan fingerprint density at radius 3 is 2.79 bits per heavy atom. The average Bonchev–Trinajstić information content (AvgIpc) is 3.22. The molecule has 150 valence electrons. The second kappa shape index (κ2) is 6.61. The first-order valence-corrected chi connectivity index (χ1v) is 10.2. The van der Waals surface area contributed by atoms with Crippen molar-refractivity contribution in [1.29, 1.82) is 0 Å². The molecule has 1 aromatic carbocycles. The lowest BCUT2D eigenvalue weighted by Gasteiger charge is -2.41. The number of hydrogen-bond acceptors (Lipinski definition) is 3. The van der Waals surface area contributed by atoms with Crippen LogP contribution in [-0.4, -0.2) is 58.0 Å². The number of nitrogens with one attached hydrogen (secondary N) is 1. The van der Waals surface area contributed by atoms with Crippen LogP contribution in [0.5, 0.6) is 0 Å². The number of aromatic amines is 1. The first-order valence-electron chi connectivity index (χ1n) is 10.2. The van der Waals surface area contributed by atoms with Gasteiger partial charge in [-0.15, -0.1) is 0 Å². The Morgan fingerprint density at radius 2 is 2.04 bits per heavy atom. The van der Waals surface area contributed by atoms with E-state index in [1.165, 1.54) is 0 Å². The summed E-state index contributed by atoms with van der Waals surface area (Å²) < 4.78 is 0. The number of likely N-dealkylation sites (tertiary alicyclic amines) is 2. The highest BCUT2D eigenvalue weighted by molar-refractivity contribution is 6.05. The van der Waals surface area contributed by atoms with Gasteiger partial charge in [0.25, 0.3) is 5.91 Å². The summed E-state index contributed by atoms with van der Waals surface area (Å²) in [6.45, 7) is 11.2. The Bertz CT molecular complexity index is 926. The van der Waals surface area contributed by atoms with E-state index in [1.807, 2.05) is 34.9 Å². The number of aromatic nitrogens is 2. The maximum Gasteiger partial charge on any atom is 0.275 e. The number of carbonyl (C=O) groups is 2. The van der Waals surface area contributed by atoms with E-state index >= 15 is 0 Å². The third-order valence-corrected chi connectivity index (χ3v) is 6.05. The second-order valence-electron chi connectivity index (χ2n) is 9.77. The lowest BCUT2D eigenvalue weighted by atomic mass is 9.77. The molecule has 3 heterocycles. The van der Waals surface area contributed by atoms with Crippen LogP contribution in [0.25, 0.3) is 10.9 Å². The van der Waals surface area contributed by atoms with Gasteiger partial charge < -0.3 is 9.80 Å². The van der Waals surface area contributed by atoms with Gasteiger partial charge in [0.15, 0.2) is 5.69 Å². The average molecular weight is 383 g/mol. The van der Waals surface area contributed by atoms with E-state index in [0.717, 1.165) is 48.8 Å². The van der Waals surface area contributed by atoms with E-state index in [9.17, 15) is 9.59 Å². The number of piperidine rings is 1. The third kappa shape index (κ3) is 3.29. The molecule has 28 heavy (non-hydrogen) atoms. The van der Waals surface area contributed by atoms with E-state index in [2.05, 4.69) is 31.0 Å². The molecule has 0 aliphatic carbocycles. The van der Waals surface area contributed by atoms with Crippen LogP contribution in [-0.2, 0) is 4.79 Å². The summed E-state index contributed by atoms with van der Waals surface area (Å²) in [5.41, 5.74) is 2.09. The molecular formula is C22H30N4O2. The van der Waals surface area contributed by atoms with Crippen molar-refractivity contribution in [3.8, 4) is 0 Å². The number of amides is 2. The smallest absolute Gasteiger partial charge is 0.275 e. The topological polar surface area (TPSA) is 69.3 Å². The van der Waals surface area contributed by atoms with Gasteiger partial charge >= 0.3 is 0 Å². The quantitative estimate of drug-likeness (QED) is 0.866. The molecule has 6 heteroatoms. The molecule has 2 aliphatic heterocycles. The van der Waals surface area contributed by atoms with Crippen molar-refractivity contribution in [3.05, 3.63) is 29.5 Å². The lowest BCUT2D eigenvalue weighted by molar-refractivity contribution is -0.146. The molecule has 6 nitrogen and oxygen atoms in total. The number of rotatable bonds is 2. The van der Waals surface area contributed by atoms with Crippen LogP contribution in [0, 0.1) is 17.8 Å². The normalized spacial score (nSPS) is 23.2. The zero-order valence-electron chi connectivity index (χ0n) is 17.3. The number of benzene rings is 1. The summed E-state index contributed by atoms with van der Waals surface area (Å²) in [6, 6.07) is 5.95. The summed E-state index contributed by atoms with van der Waals surface area (Å²) in [4.78, 5) is 30.3. The number of carbonyl (C=O) groups excluding carboxylic acids is 2. The molecule has 1 N–H and O–H groups in total. The van der Waals surface area contributed by atoms with E-state index in [1.54, 1.807) is 0 Å². The van der Waals surface area contributed by atoms with Crippen LogP contribution in [0.3, 0.4) is 0 Å². The minimum absolute atomic E-state index is 0.0746. The maximum absolute atomic E-state index is 13.3. The SMILES string of the molecule is Cc1ccc2[nH]nc(C(=O)N3CC[C@@]4(CCCN(CC(C)(C)C)C4=O)C3)c2c1. The van der Waals surface area contributed by atoms with Gasteiger partial charge in [0.05, 0.1) is 10.9 Å². The van der Waals surface area contributed by atoms with Crippen molar-refractivity contribution < 1.29 is 9.59 Å². The van der Waals surface area contributed by atoms with Crippen molar-refractivity contribution in [2.45, 2.75) is 47.0 Å². The molecule has 2 aromatic rings. The Morgan fingerprint density at radius 1 is 1.25 bits per heavy atom. The molecule has 0 radical (unpaired) electrons. The zero-order chi connectivity index (χ0) is 20.1. The van der Waals surface area contributed by atoms with E-state index in [4.69, 9.17) is 0 Å². The second-order valence-corrected chi connectivity index (χ2v) is 9.77.